The Morgan fingerprint density at radius 2 is 1.93 bits per heavy atom. The van der Waals surface area contributed by atoms with Crippen LogP contribution in [0.2, 0.25) is 0 Å². The minimum absolute atomic E-state index is 0.0617. The predicted octanol–water partition coefficient (Wildman–Crippen LogP) is 4.10. The second-order valence-corrected chi connectivity index (χ2v) is 6.85. The molecule has 0 spiro atoms. The second kappa shape index (κ2) is 9.18. The van der Waals surface area contributed by atoms with Crippen LogP contribution in [0.4, 0.5) is 21.5 Å². The van der Waals surface area contributed by atoms with E-state index >= 15 is 0 Å². The van der Waals surface area contributed by atoms with Crippen LogP contribution in [0.5, 0.6) is 0 Å². The molecule has 0 bridgehead atoms. The molecule has 0 aromatic heterocycles. The van der Waals surface area contributed by atoms with Crippen molar-refractivity contribution in [3.05, 3.63) is 66.1 Å². The highest BCUT2D eigenvalue weighted by atomic mass is 32.2. The number of carbonyl (C=O) groups excluding carboxylic acids is 2. The molecule has 1 heterocycles. The number of thioether (sulfide) groups is 1. The highest BCUT2D eigenvalue weighted by molar-refractivity contribution is 8.14. The van der Waals surface area contributed by atoms with Crippen molar-refractivity contribution >= 4 is 45.7 Å². The number of rotatable bonds is 5. The van der Waals surface area contributed by atoms with Gasteiger partial charge in [-0.25, -0.2) is 9.38 Å². The number of amides is 1. The zero-order valence-corrected chi connectivity index (χ0v) is 15.9. The minimum Gasteiger partial charge on any atom is -0.469 e. The number of halogens is 1. The maximum absolute atomic E-state index is 12.9. The van der Waals surface area contributed by atoms with E-state index in [1.807, 2.05) is 24.3 Å². The topological polar surface area (TPSA) is 79.8 Å². The number of hydrogen-bond acceptors (Lipinski definition) is 6. The molecule has 6 nitrogen and oxygen atoms in total. The normalized spacial score (nSPS) is 12.6. The van der Waals surface area contributed by atoms with Crippen LogP contribution in [0.1, 0.15) is 6.42 Å². The van der Waals surface area contributed by atoms with Gasteiger partial charge in [-0.1, -0.05) is 23.9 Å². The Bertz CT molecular complexity index is 942. The number of aliphatic imine (C=N–C) groups is 1. The number of para-hydroxylation sites is 2. The molecule has 0 atom stereocenters. The second-order valence-electron chi connectivity index (χ2n) is 5.86. The van der Waals surface area contributed by atoms with Gasteiger partial charge in [-0.2, -0.15) is 0 Å². The van der Waals surface area contributed by atoms with E-state index in [-0.39, 0.29) is 29.9 Å². The summed E-state index contributed by atoms with van der Waals surface area (Å²) in [6.45, 7) is 0. The number of hydrogen-bond donors (Lipinski definition) is 2. The van der Waals surface area contributed by atoms with Crippen molar-refractivity contribution in [1.82, 2.24) is 0 Å². The van der Waals surface area contributed by atoms with E-state index in [0.717, 1.165) is 5.69 Å². The first-order valence-electron chi connectivity index (χ1n) is 8.44. The molecule has 0 aliphatic carbocycles. The number of methoxy groups -OCH3 is 1. The highest BCUT2D eigenvalue weighted by Gasteiger charge is 2.15. The molecule has 2 aromatic carbocycles. The molecule has 2 N–H and O–H groups in total. The number of carbonyl (C=O) groups is 2. The number of nitrogens with zero attached hydrogens (tertiary/aromatic N) is 1. The molecule has 0 unspecified atom stereocenters. The highest BCUT2D eigenvalue weighted by Crippen LogP contribution is 2.31. The summed E-state index contributed by atoms with van der Waals surface area (Å²) in [5, 5.41) is 6.48. The minimum atomic E-state index is -0.378. The summed E-state index contributed by atoms with van der Waals surface area (Å²) in [7, 11) is 1.33. The van der Waals surface area contributed by atoms with Crippen molar-refractivity contribution in [2.45, 2.75) is 6.42 Å². The van der Waals surface area contributed by atoms with E-state index in [9.17, 15) is 14.0 Å². The number of nitrogens with one attached hydrogen (secondary N) is 2. The van der Waals surface area contributed by atoms with Gasteiger partial charge in [0.15, 0.2) is 0 Å². The van der Waals surface area contributed by atoms with Crippen LogP contribution in [0, 0.1) is 5.82 Å². The van der Waals surface area contributed by atoms with Crippen molar-refractivity contribution in [2.75, 3.05) is 23.5 Å². The summed E-state index contributed by atoms with van der Waals surface area (Å²) in [6.07, 6.45) is 1.79. The van der Waals surface area contributed by atoms with Gasteiger partial charge in [0.05, 0.1) is 35.7 Å². The summed E-state index contributed by atoms with van der Waals surface area (Å²) in [5.74, 6) is -0.876. The Hall–Kier alpha value is -3.13. The molecule has 1 aliphatic heterocycles. The van der Waals surface area contributed by atoms with Crippen LogP contribution >= 0.6 is 11.8 Å². The standard InChI is InChI=1S/C20H18FN3O3S/c1-27-20(26)11-15-10-19(24-17-5-3-2-4-16(17)22-15)28-12-18(25)23-14-8-6-13(21)7-9-14/h2-10,22H,11-12H2,1H3,(H,23,25). The first kappa shape index (κ1) is 19.6. The summed E-state index contributed by atoms with van der Waals surface area (Å²) < 4.78 is 17.7. The maximum Gasteiger partial charge on any atom is 0.311 e. The van der Waals surface area contributed by atoms with E-state index in [2.05, 4.69) is 15.6 Å². The lowest BCUT2D eigenvalue weighted by atomic mass is 10.2. The van der Waals surface area contributed by atoms with Gasteiger partial charge in [0.2, 0.25) is 5.91 Å². The zero-order chi connectivity index (χ0) is 19.9. The summed E-state index contributed by atoms with van der Waals surface area (Å²) in [5.41, 5.74) is 2.62. The lowest BCUT2D eigenvalue weighted by Gasteiger charge is -2.09. The van der Waals surface area contributed by atoms with Crippen LogP contribution in [-0.4, -0.2) is 29.8 Å². The molecule has 144 valence electrons. The third-order valence-electron chi connectivity index (χ3n) is 3.77. The fourth-order valence-corrected chi connectivity index (χ4v) is 3.19. The Balaban J connectivity index is 1.71. The molecule has 0 fully saturated rings. The number of anilines is 2. The van der Waals surface area contributed by atoms with Crippen molar-refractivity contribution < 1.29 is 18.7 Å². The predicted molar refractivity (Wildman–Crippen MR) is 109 cm³/mol. The molecule has 0 saturated heterocycles. The molecule has 1 amide bonds. The zero-order valence-electron chi connectivity index (χ0n) is 15.1. The van der Waals surface area contributed by atoms with E-state index in [1.54, 1.807) is 6.08 Å². The first-order valence-corrected chi connectivity index (χ1v) is 9.42. The van der Waals surface area contributed by atoms with Gasteiger partial charge in [-0.15, -0.1) is 0 Å². The quantitative estimate of drug-likeness (QED) is 0.740. The molecule has 3 rings (SSSR count). The fraction of sp³-hybridized carbons (Fsp3) is 0.150. The van der Waals surface area contributed by atoms with Gasteiger partial charge >= 0.3 is 5.97 Å². The average molecular weight is 399 g/mol. The molecule has 2 aromatic rings. The van der Waals surface area contributed by atoms with Crippen molar-refractivity contribution in [3.63, 3.8) is 0 Å². The van der Waals surface area contributed by atoms with Gasteiger partial charge in [0, 0.05) is 11.4 Å². The molecular formula is C20H18FN3O3S. The molecule has 8 heteroatoms. The van der Waals surface area contributed by atoms with Crippen LogP contribution in [-0.2, 0) is 14.3 Å². The number of esters is 1. The van der Waals surface area contributed by atoms with Crippen LogP contribution in [0.25, 0.3) is 0 Å². The number of ether oxygens (including phenoxy) is 1. The van der Waals surface area contributed by atoms with E-state index < -0.39 is 0 Å². The van der Waals surface area contributed by atoms with Gasteiger partial charge < -0.3 is 15.4 Å². The van der Waals surface area contributed by atoms with Crippen molar-refractivity contribution in [3.8, 4) is 0 Å². The summed E-state index contributed by atoms with van der Waals surface area (Å²) in [4.78, 5) is 28.4. The average Bonchev–Trinajstić information content (AvgIpc) is 2.86. The fourth-order valence-electron chi connectivity index (χ4n) is 2.45. The smallest absolute Gasteiger partial charge is 0.311 e. The molecular weight excluding hydrogens is 381 g/mol. The van der Waals surface area contributed by atoms with Crippen LogP contribution < -0.4 is 10.6 Å². The van der Waals surface area contributed by atoms with Gasteiger partial charge in [-0.05, 0) is 42.5 Å². The van der Waals surface area contributed by atoms with Crippen LogP contribution in [0.3, 0.4) is 0 Å². The summed E-state index contributed by atoms with van der Waals surface area (Å²) in [6, 6.07) is 13.0. The Morgan fingerprint density at radius 1 is 1.18 bits per heavy atom. The van der Waals surface area contributed by atoms with Crippen molar-refractivity contribution in [2.24, 2.45) is 4.99 Å². The molecule has 0 radical (unpaired) electrons. The largest absolute Gasteiger partial charge is 0.469 e. The van der Waals surface area contributed by atoms with E-state index in [1.165, 1.54) is 43.1 Å². The monoisotopic (exact) mass is 399 g/mol. The lowest BCUT2D eigenvalue weighted by molar-refractivity contribution is -0.139. The SMILES string of the molecule is COC(=O)CC1=CC(SCC(=O)Nc2ccc(F)cc2)=Nc2ccccc2N1. The lowest BCUT2D eigenvalue weighted by Crippen LogP contribution is -2.15. The van der Waals surface area contributed by atoms with E-state index in [0.29, 0.717) is 22.1 Å². The molecule has 1 aliphatic rings. The Labute approximate surface area is 165 Å². The van der Waals surface area contributed by atoms with Crippen LogP contribution in [0.15, 0.2) is 65.3 Å². The van der Waals surface area contributed by atoms with E-state index in [4.69, 9.17) is 4.74 Å². The van der Waals surface area contributed by atoms with Crippen molar-refractivity contribution in [1.29, 1.82) is 0 Å². The van der Waals surface area contributed by atoms with Gasteiger partial charge in [0.25, 0.3) is 0 Å². The Morgan fingerprint density at radius 3 is 2.68 bits per heavy atom. The third kappa shape index (κ3) is 5.43. The third-order valence-corrected chi connectivity index (χ3v) is 4.68. The molecule has 28 heavy (non-hydrogen) atoms. The molecule has 0 saturated carbocycles. The maximum atomic E-state index is 12.9. The van der Waals surface area contributed by atoms with Gasteiger partial charge in [-0.3, -0.25) is 9.59 Å². The number of fused-ring (bicyclic) bond motifs is 1. The summed E-state index contributed by atoms with van der Waals surface area (Å²) >= 11 is 1.24. The van der Waals surface area contributed by atoms with Gasteiger partial charge in [0.1, 0.15) is 5.82 Å². The Kier molecular flexibility index (Phi) is 6.44. The number of benzene rings is 2. The first-order chi connectivity index (χ1) is 13.5.